The van der Waals surface area contributed by atoms with E-state index in [1.807, 2.05) is 18.2 Å². The van der Waals surface area contributed by atoms with Gasteiger partial charge >= 0.3 is 5.97 Å². The Morgan fingerprint density at radius 2 is 1.89 bits per heavy atom. The predicted molar refractivity (Wildman–Crippen MR) is 212 cm³/mol. The van der Waals surface area contributed by atoms with Crippen LogP contribution in [-0.2, 0) is 34.2 Å². The van der Waals surface area contributed by atoms with Crippen molar-refractivity contribution in [1.82, 2.24) is 10.3 Å². The summed E-state index contributed by atoms with van der Waals surface area (Å²) in [5.41, 5.74) is 14.4. The number of nitrogen functional groups attached to an aromatic ring is 1. The molecule has 10 heteroatoms. The number of esters is 1. The highest BCUT2D eigenvalue weighted by atomic mass is 16.5. The first-order chi connectivity index (χ1) is 27.2. The number of carbonyl (C=O) groups excluding carboxylic acids is 1. The van der Waals surface area contributed by atoms with Gasteiger partial charge in [-0.2, -0.15) is 0 Å². The van der Waals surface area contributed by atoms with Crippen LogP contribution in [0.2, 0.25) is 0 Å². The van der Waals surface area contributed by atoms with Crippen LogP contribution in [0.1, 0.15) is 103 Å². The summed E-state index contributed by atoms with van der Waals surface area (Å²) in [6.45, 7) is 2.60. The summed E-state index contributed by atoms with van der Waals surface area (Å²) >= 11 is 0. The molecule has 3 heterocycles. The van der Waals surface area contributed by atoms with Crippen molar-refractivity contribution in [3.63, 3.8) is 0 Å². The van der Waals surface area contributed by atoms with Crippen LogP contribution in [0.3, 0.4) is 0 Å². The fraction of sp³-hybridized carbons (Fsp3) is 0.435. The van der Waals surface area contributed by atoms with Crippen molar-refractivity contribution in [2.75, 3.05) is 32.6 Å². The number of pyridine rings is 1. The molecule has 290 valence electrons. The molecule has 2 saturated carbocycles. The number of hydrogen-bond donors (Lipinski definition) is 4. The maximum Gasteiger partial charge on any atom is 0.302 e. The van der Waals surface area contributed by atoms with E-state index in [2.05, 4.69) is 35.4 Å². The molecule has 10 nitrogen and oxygen atoms in total. The number of hydrogen-bond acceptors (Lipinski definition) is 10. The van der Waals surface area contributed by atoms with Gasteiger partial charge in [0, 0.05) is 59.7 Å². The number of aromatic hydroxyl groups is 2. The van der Waals surface area contributed by atoms with Crippen molar-refractivity contribution in [2.45, 2.75) is 94.6 Å². The minimum absolute atomic E-state index is 0.0275. The molecule has 9 rings (SSSR count). The van der Waals surface area contributed by atoms with Crippen LogP contribution in [0.15, 0.2) is 48.5 Å². The number of nitrogens with one attached hydrogen (secondary N) is 1. The Hall–Kier alpha value is -5.40. The number of benzene rings is 3. The van der Waals surface area contributed by atoms with E-state index in [1.54, 1.807) is 19.2 Å². The molecule has 0 saturated heterocycles. The van der Waals surface area contributed by atoms with Gasteiger partial charge in [-0.25, -0.2) is 4.98 Å². The van der Waals surface area contributed by atoms with Gasteiger partial charge in [0.1, 0.15) is 48.1 Å². The van der Waals surface area contributed by atoms with Crippen LogP contribution in [0.5, 0.6) is 28.7 Å². The molecule has 0 radical (unpaired) electrons. The minimum atomic E-state index is -0.573. The Bertz CT molecular complexity index is 2270. The van der Waals surface area contributed by atoms with E-state index in [0.717, 1.165) is 75.9 Å². The van der Waals surface area contributed by atoms with E-state index in [1.165, 1.54) is 32.6 Å². The normalized spacial score (nSPS) is 23.0. The van der Waals surface area contributed by atoms with E-state index in [-0.39, 0.29) is 35.4 Å². The van der Waals surface area contributed by atoms with E-state index in [4.69, 9.17) is 29.7 Å². The molecule has 1 spiro atoms. The zero-order valence-electron chi connectivity index (χ0n) is 32.1. The number of carbonyl (C=O) groups is 1. The first-order valence-electron chi connectivity index (χ1n) is 20.0. The van der Waals surface area contributed by atoms with Gasteiger partial charge in [0.25, 0.3) is 0 Å². The SMILES string of the molecule is COc1cc(O)cc2c1-c1ccc3c4c1C1(CCC(Cc5ccc(N)nc5C#CCc5cc(O)c(OCCNC6CCCC6)cc5C(O4)C3COC(C)=O)C1)C2. The summed E-state index contributed by atoms with van der Waals surface area (Å²) < 4.78 is 25.3. The van der Waals surface area contributed by atoms with Crippen LogP contribution >= 0.6 is 0 Å². The number of rotatable bonds is 8. The molecule has 4 atom stereocenters. The highest BCUT2D eigenvalue weighted by Crippen LogP contribution is 2.62. The fourth-order valence-corrected chi connectivity index (χ4v) is 10.3. The molecule has 4 aromatic rings. The van der Waals surface area contributed by atoms with Gasteiger partial charge in [-0.05, 0) is 103 Å². The third-order valence-electron chi connectivity index (χ3n) is 12.8. The van der Waals surface area contributed by atoms with Crippen LogP contribution in [-0.4, -0.2) is 54.1 Å². The van der Waals surface area contributed by atoms with Gasteiger partial charge in [0.15, 0.2) is 11.5 Å². The van der Waals surface area contributed by atoms with Gasteiger partial charge in [0.05, 0.1) is 13.0 Å². The van der Waals surface area contributed by atoms with Gasteiger partial charge in [-0.3, -0.25) is 4.79 Å². The molecule has 5 aliphatic rings. The molecule has 3 aliphatic carbocycles. The zero-order valence-corrected chi connectivity index (χ0v) is 32.1. The lowest BCUT2D eigenvalue weighted by Crippen LogP contribution is -2.31. The van der Waals surface area contributed by atoms with Crippen molar-refractivity contribution < 1.29 is 34.0 Å². The fourth-order valence-electron chi connectivity index (χ4n) is 10.3. The topological polar surface area (TPSA) is 145 Å². The Morgan fingerprint density at radius 3 is 2.71 bits per heavy atom. The van der Waals surface area contributed by atoms with Gasteiger partial charge in [0.2, 0.25) is 0 Å². The number of methoxy groups -OCH3 is 1. The standard InChI is InChI=1S/C46H49N3O7/c1-26(50)55-25-36-33-11-12-34-42-30(19-32(51)21-40(42)53-2)24-46-15-14-27(23-46)18-29-10-13-41(47)49-37(29)9-5-6-28-20-38(52)39(54-17-16-48-31-7-3-4-8-31)22-35(28)44(36)56-45(33)43(34)46/h10-13,19-22,27,31,36,44,48,51-52H,3-4,6-8,14-18,23-25H2,1-2H3,(H2,47,49). The van der Waals surface area contributed by atoms with Gasteiger partial charge in [-0.1, -0.05) is 37.0 Å². The molecule has 0 amide bonds. The highest BCUT2D eigenvalue weighted by molar-refractivity contribution is 5.84. The van der Waals surface area contributed by atoms with Crippen molar-refractivity contribution in [3.05, 3.63) is 87.6 Å². The second kappa shape index (κ2) is 14.6. The highest BCUT2D eigenvalue weighted by Gasteiger charge is 2.51. The summed E-state index contributed by atoms with van der Waals surface area (Å²) in [4.78, 5) is 17.1. The Balaban J connectivity index is 1.21. The maximum atomic E-state index is 12.4. The van der Waals surface area contributed by atoms with Crippen molar-refractivity contribution >= 4 is 11.8 Å². The van der Waals surface area contributed by atoms with Crippen LogP contribution in [0, 0.1) is 17.8 Å². The number of ether oxygens (including phenoxy) is 4. The number of nitrogens with two attached hydrogens (primary N) is 1. The lowest BCUT2D eigenvalue weighted by molar-refractivity contribution is -0.141. The van der Waals surface area contributed by atoms with Gasteiger partial charge in [-0.15, -0.1) is 0 Å². The number of fused-ring (bicyclic) bond motifs is 7. The van der Waals surface area contributed by atoms with Crippen molar-refractivity contribution in [1.29, 1.82) is 0 Å². The largest absolute Gasteiger partial charge is 0.508 e. The molecule has 1 aromatic heterocycles. The lowest BCUT2D eigenvalue weighted by atomic mass is 9.65. The summed E-state index contributed by atoms with van der Waals surface area (Å²) in [6.07, 6.45) is 8.88. The summed E-state index contributed by atoms with van der Waals surface area (Å²) in [5.74, 6) is 8.72. The molecule has 4 bridgehead atoms. The molecule has 56 heavy (non-hydrogen) atoms. The van der Waals surface area contributed by atoms with Gasteiger partial charge < -0.3 is 40.2 Å². The summed E-state index contributed by atoms with van der Waals surface area (Å²) in [5, 5.41) is 25.8. The zero-order chi connectivity index (χ0) is 38.6. The molecule has 2 fully saturated rings. The second-order valence-electron chi connectivity index (χ2n) is 16.3. The number of anilines is 1. The summed E-state index contributed by atoms with van der Waals surface area (Å²) in [7, 11) is 1.64. The molecular formula is C46H49N3O7. The quantitative estimate of drug-likeness (QED) is 0.0829. The Kier molecular flexibility index (Phi) is 9.45. The number of phenols is 2. The van der Waals surface area contributed by atoms with E-state index < -0.39 is 6.10 Å². The predicted octanol–water partition coefficient (Wildman–Crippen LogP) is 7.19. The van der Waals surface area contributed by atoms with Crippen LogP contribution < -0.4 is 25.3 Å². The van der Waals surface area contributed by atoms with E-state index in [0.29, 0.717) is 61.0 Å². The first-order valence-corrected chi connectivity index (χ1v) is 20.0. The average Bonchev–Trinajstić information content (AvgIpc) is 3.93. The number of aromatic nitrogens is 1. The van der Waals surface area contributed by atoms with E-state index >= 15 is 0 Å². The summed E-state index contributed by atoms with van der Waals surface area (Å²) in [6, 6.07) is 15.8. The molecular weight excluding hydrogens is 707 g/mol. The Labute approximate surface area is 327 Å². The Morgan fingerprint density at radius 1 is 1.04 bits per heavy atom. The maximum absolute atomic E-state index is 12.4. The van der Waals surface area contributed by atoms with Crippen molar-refractivity contribution in [2.24, 2.45) is 5.92 Å². The number of phenolic OH excluding ortho intramolecular Hbond substituents is 2. The molecule has 5 N–H and O–H groups in total. The third kappa shape index (κ3) is 6.56. The van der Waals surface area contributed by atoms with Crippen LogP contribution in [0.25, 0.3) is 11.1 Å². The molecule has 3 aromatic carbocycles. The first kappa shape index (κ1) is 36.3. The molecule has 4 unspecified atom stereocenters. The molecule has 2 aliphatic heterocycles. The second-order valence-corrected chi connectivity index (χ2v) is 16.3. The monoisotopic (exact) mass is 755 g/mol. The van der Waals surface area contributed by atoms with Crippen LogP contribution in [0.4, 0.5) is 5.82 Å². The minimum Gasteiger partial charge on any atom is -0.508 e. The average molecular weight is 756 g/mol. The number of nitrogens with zero attached hydrogens (tertiary/aromatic N) is 1. The van der Waals surface area contributed by atoms with Crippen molar-refractivity contribution in [3.8, 4) is 51.7 Å². The van der Waals surface area contributed by atoms with E-state index in [9.17, 15) is 15.0 Å². The smallest absolute Gasteiger partial charge is 0.302 e. The lowest BCUT2D eigenvalue weighted by Gasteiger charge is -2.39. The third-order valence-corrected chi connectivity index (χ3v) is 12.8.